The second-order valence-electron chi connectivity index (χ2n) is 4.87. The highest BCUT2D eigenvalue weighted by molar-refractivity contribution is 7.13. The van der Waals surface area contributed by atoms with E-state index in [4.69, 9.17) is 5.11 Å². The Kier molecular flexibility index (Phi) is 3.86. The van der Waals surface area contributed by atoms with Gasteiger partial charge in [-0.2, -0.15) is 0 Å². The van der Waals surface area contributed by atoms with E-state index in [2.05, 4.69) is 15.6 Å². The van der Waals surface area contributed by atoms with Crippen molar-refractivity contribution in [2.24, 2.45) is 0 Å². The van der Waals surface area contributed by atoms with Gasteiger partial charge in [0.2, 0.25) is 5.91 Å². The summed E-state index contributed by atoms with van der Waals surface area (Å²) in [5, 5.41) is 15.6. The molecule has 2 rings (SSSR count). The van der Waals surface area contributed by atoms with E-state index in [1.165, 1.54) is 0 Å². The smallest absolute Gasteiger partial charge is 0.347 e. The third-order valence-corrected chi connectivity index (χ3v) is 4.45. The quantitative estimate of drug-likeness (QED) is 0.764. The van der Waals surface area contributed by atoms with Crippen LogP contribution < -0.4 is 10.6 Å². The third-order valence-electron chi connectivity index (χ3n) is 3.31. The maximum Gasteiger partial charge on any atom is 0.347 e. The van der Waals surface area contributed by atoms with E-state index >= 15 is 0 Å². The van der Waals surface area contributed by atoms with Gasteiger partial charge in [-0.15, -0.1) is 11.3 Å². The normalized spacial score (nSPS) is 22.4. The molecule has 1 unspecified atom stereocenters. The van der Waals surface area contributed by atoms with E-state index in [1.54, 1.807) is 6.92 Å². The van der Waals surface area contributed by atoms with Crippen LogP contribution in [0.5, 0.6) is 0 Å². The number of hydrogen-bond acceptors (Lipinski definition) is 5. The topological polar surface area (TPSA) is 91.3 Å². The number of carbonyl (C=O) groups excluding carboxylic acids is 1. The molecule has 0 aliphatic carbocycles. The minimum atomic E-state index is -0.975. The Hall–Kier alpha value is -1.47. The number of rotatable bonds is 4. The minimum absolute atomic E-state index is 0.0604. The van der Waals surface area contributed by atoms with Crippen molar-refractivity contribution in [1.82, 2.24) is 15.6 Å². The molecule has 2 heterocycles. The number of carboxylic acid groups (broad SMARTS) is 1. The lowest BCUT2D eigenvalue weighted by atomic mass is 9.99. The van der Waals surface area contributed by atoms with Crippen molar-refractivity contribution in [3.63, 3.8) is 0 Å². The van der Waals surface area contributed by atoms with Crippen molar-refractivity contribution in [1.29, 1.82) is 0 Å². The molecule has 104 valence electrons. The maximum absolute atomic E-state index is 12.1. The summed E-state index contributed by atoms with van der Waals surface area (Å²) in [6.45, 7) is 4.66. The zero-order chi connectivity index (χ0) is 14.0. The van der Waals surface area contributed by atoms with Crippen molar-refractivity contribution in [3.05, 3.63) is 15.6 Å². The van der Waals surface area contributed by atoms with Gasteiger partial charge < -0.3 is 15.7 Å². The summed E-state index contributed by atoms with van der Waals surface area (Å²) >= 11 is 1.11. The van der Waals surface area contributed by atoms with Gasteiger partial charge in [-0.25, -0.2) is 9.78 Å². The van der Waals surface area contributed by atoms with Crippen molar-refractivity contribution < 1.29 is 14.7 Å². The van der Waals surface area contributed by atoms with Gasteiger partial charge >= 0.3 is 5.97 Å². The number of aromatic carboxylic acids is 1. The molecule has 19 heavy (non-hydrogen) atoms. The van der Waals surface area contributed by atoms with Crippen LogP contribution in [0.15, 0.2) is 0 Å². The Morgan fingerprint density at radius 1 is 1.58 bits per heavy atom. The molecular formula is C12H17N3O3S. The molecule has 1 aromatic rings. The van der Waals surface area contributed by atoms with Crippen LogP contribution in [0.3, 0.4) is 0 Å². The molecule has 1 amide bonds. The van der Waals surface area contributed by atoms with Crippen molar-refractivity contribution in [3.8, 4) is 0 Å². The second kappa shape index (κ2) is 5.26. The maximum atomic E-state index is 12.1. The standard InChI is InChI=1S/C12H17N3O3S/c1-7-9(10(16)17)19-8(15-7)6-13-11(18)12(2)4-3-5-14-12/h14H,3-6H2,1-2H3,(H,13,18)(H,16,17). The molecule has 1 aliphatic heterocycles. The molecule has 1 aliphatic rings. The Morgan fingerprint density at radius 3 is 2.84 bits per heavy atom. The minimum Gasteiger partial charge on any atom is -0.477 e. The lowest BCUT2D eigenvalue weighted by Crippen LogP contribution is -2.50. The van der Waals surface area contributed by atoms with E-state index in [0.717, 1.165) is 30.7 Å². The number of hydrogen-bond donors (Lipinski definition) is 3. The first kappa shape index (κ1) is 14.0. The lowest BCUT2D eigenvalue weighted by molar-refractivity contribution is -0.126. The average Bonchev–Trinajstić information content (AvgIpc) is 2.93. The average molecular weight is 283 g/mol. The van der Waals surface area contributed by atoms with Gasteiger partial charge in [-0.1, -0.05) is 0 Å². The van der Waals surface area contributed by atoms with Crippen LogP contribution in [0.2, 0.25) is 0 Å². The number of thiazole rings is 1. The molecule has 0 bridgehead atoms. The van der Waals surface area contributed by atoms with E-state index in [9.17, 15) is 9.59 Å². The number of amides is 1. The van der Waals surface area contributed by atoms with Crippen LogP contribution in [-0.2, 0) is 11.3 Å². The fourth-order valence-corrected chi connectivity index (χ4v) is 3.01. The van der Waals surface area contributed by atoms with Gasteiger partial charge in [0.1, 0.15) is 9.88 Å². The Labute approximate surface area is 115 Å². The number of carbonyl (C=O) groups is 2. The van der Waals surface area contributed by atoms with Crippen LogP contribution in [0.4, 0.5) is 0 Å². The molecule has 1 atom stereocenters. The molecule has 6 nitrogen and oxygen atoms in total. The van der Waals surface area contributed by atoms with E-state index in [-0.39, 0.29) is 17.3 Å². The predicted molar refractivity (Wildman–Crippen MR) is 71.3 cm³/mol. The molecule has 3 N–H and O–H groups in total. The molecule has 0 radical (unpaired) electrons. The highest BCUT2D eigenvalue weighted by Gasteiger charge is 2.35. The first-order chi connectivity index (χ1) is 8.92. The summed E-state index contributed by atoms with van der Waals surface area (Å²) in [7, 11) is 0. The Morgan fingerprint density at radius 2 is 2.32 bits per heavy atom. The number of nitrogens with one attached hydrogen (secondary N) is 2. The summed E-state index contributed by atoms with van der Waals surface area (Å²) in [6.07, 6.45) is 1.81. The van der Waals surface area contributed by atoms with E-state index in [0.29, 0.717) is 10.7 Å². The second-order valence-corrected chi connectivity index (χ2v) is 5.96. The first-order valence-corrected chi connectivity index (χ1v) is 6.97. The van der Waals surface area contributed by atoms with Crippen LogP contribution in [-0.4, -0.2) is 34.1 Å². The lowest BCUT2D eigenvalue weighted by Gasteiger charge is -2.22. The zero-order valence-corrected chi connectivity index (χ0v) is 11.8. The van der Waals surface area contributed by atoms with E-state index < -0.39 is 11.5 Å². The van der Waals surface area contributed by atoms with Gasteiger partial charge in [0.05, 0.1) is 17.8 Å². The fourth-order valence-electron chi connectivity index (χ4n) is 2.17. The number of carboxylic acids is 1. The molecule has 0 saturated carbocycles. The first-order valence-electron chi connectivity index (χ1n) is 6.15. The zero-order valence-electron chi connectivity index (χ0n) is 10.9. The van der Waals surface area contributed by atoms with Crippen molar-refractivity contribution in [2.45, 2.75) is 38.8 Å². The SMILES string of the molecule is Cc1nc(CNC(=O)C2(C)CCCN2)sc1C(=O)O. The number of nitrogens with zero attached hydrogens (tertiary/aromatic N) is 1. The molecule has 7 heteroatoms. The van der Waals surface area contributed by atoms with Crippen molar-refractivity contribution >= 4 is 23.2 Å². The predicted octanol–water partition coefficient (Wildman–Crippen LogP) is 0.908. The summed E-state index contributed by atoms with van der Waals surface area (Å²) < 4.78 is 0. The fraction of sp³-hybridized carbons (Fsp3) is 0.583. The number of aromatic nitrogens is 1. The van der Waals surface area contributed by atoms with Gasteiger partial charge in [0.15, 0.2) is 0 Å². The van der Waals surface area contributed by atoms with Crippen LogP contribution >= 0.6 is 11.3 Å². The molecular weight excluding hydrogens is 266 g/mol. The summed E-state index contributed by atoms with van der Waals surface area (Å²) in [4.78, 5) is 27.3. The highest BCUT2D eigenvalue weighted by atomic mass is 32.1. The van der Waals surface area contributed by atoms with Gasteiger partial charge in [-0.3, -0.25) is 4.79 Å². The molecule has 1 fully saturated rings. The number of aryl methyl sites for hydroxylation is 1. The Balaban J connectivity index is 1.97. The van der Waals surface area contributed by atoms with Gasteiger partial charge in [-0.05, 0) is 33.2 Å². The summed E-state index contributed by atoms with van der Waals surface area (Å²) in [5.41, 5.74) is -0.0194. The van der Waals surface area contributed by atoms with Gasteiger partial charge in [0.25, 0.3) is 0 Å². The largest absolute Gasteiger partial charge is 0.477 e. The third kappa shape index (κ3) is 2.93. The van der Waals surface area contributed by atoms with E-state index in [1.807, 2.05) is 6.92 Å². The summed E-state index contributed by atoms with van der Waals surface area (Å²) in [6, 6.07) is 0. The summed E-state index contributed by atoms with van der Waals surface area (Å²) in [5.74, 6) is -1.04. The van der Waals surface area contributed by atoms with Crippen molar-refractivity contribution in [2.75, 3.05) is 6.54 Å². The highest BCUT2D eigenvalue weighted by Crippen LogP contribution is 2.20. The molecule has 0 spiro atoms. The molecule has 1 aromatic heterocycles. The Bertz CT molecular complexity index is 506. The molecule has 1 saturated heterocycles. The van der Waals surface area contributed by atoms with Crippen LogP contribution in [0, 0.1) is 6.92 Å². The van der Waals surface area contributed by atoms with Crippen LogP contribution in [0.25, 0.3) is 0 Å². The molecule has 0 aromatic carbocycles. The van der Waals surface area contributed by atoms with Crippen LogP contribution in [0.1, 0.15) is 40.1 Å². The van der Waals surface area contributed by atoms with Gasteiger partial charge in [0, 0.05) is 0 Å². The monoisotopic (exact) mass is 283 g/mol.